The van der Waals surface area contributed by atoms with Crippen molar-refractivity contribution in [1.29, 1.82) is 0 Å². The predicted octanol–water partition coefficient (Wildman–Crippen LogP) is 3.94. The second kappa shape index (κ2) is 4.63. The summed E-state index contributed by atoms with van der Waals surface area (Å²) < 4.78 is 0. The molecule has 0 amide bonds. The van der Waals surface area contributed by atoms with Crippen molar-refractivity contribution in [3.63, 3.8) is 0 Å². The van der Waals surface area contributed by atoms with Crippen LogP contribution in [-0.2, 0) is 0 Å². The zero-order valence-electron chi connectivity index (χ0n) is 10.2. The van der Waals surface area contributed by atoms with Gasteiger partial charge < -0.3 is 10.6 Å². The second-order valence-electron chi connectivity index (χ2n) is 4.37. The fourth-order valence-corrected chi connectivity index (χ4v) is 2.29. The molecule has 0 unspecified atom stereocenters. The van der Waals surface area contributed by atoms with Crippen molar-refractivity contribution in [3.05, 3.63) is 60.7 Å². The molecule has 0 fully saturated rings. The zero-order chi connectivity index (χ0) is 13.2. The molecule has 3 N–H and O–H groups in total. The van der Waals surface area contributed by atoms with Gasteiger partial charge in [-0.1, -0.05) is 42.5 Å². The maximum absolute atomic E-state index is 8.60. The number of fused-ring (bicyclic) bond motifs is 1. The number of hydrogen-bond donors (Lipinski definition) is 2. The molecule has 0 heterocycles. The van der Waals surface area contributed by atoms with Crippen LogP contribution in [0.1, 0.15) is 0 Å². The lowest BCUT2D eigenvalue weighted by atomic mass is 9.96. The van der Waals surface area contributed by atoms with Crippen LogP contribution < -0.4 is 10.6 Å². The standard InChI is InChI=1S/C16H13NO2/c17-15-10-7-11-3-1-2-4-14(11)16(15)12-5-8-13(19-18)9-6-12/h1-10,18H,17H2. The lowest BCUT2D eigenvalue weighted by Gasteiger charge is -2.10. The van der Waals surface area contributed by atoms with E-state index < -0.39 is 0 Å². The first-order valence-electron chi connectivity index (χ1n) is 5.98. The molecule has 19 heavy (non-hydrogen) atoms. The van der Waals surface area contributed by atoms with Crippen molar-refractivity contribution in [2.24, 2.45) is 0 Å². The van der Waals surface area contributed by atoms with Gasteiger partial charge in [-0.2, -0.15) is 0 Å². The Morgan fingerprint density at radius 1 is 0.842 bits per heavy atom. The quantitative estimate of drug-likeness (QED) is 0.412. The summed E-state index contributed by atoms with van der Waals surface area (Å²) in [6.45, 7) is 0. The molecule has 0 atom stereocenters. The van der Waals surface area contributed by atoms with E-state index in [0.717, 1.165) is 27.6 Å². The van der Waals surface area contributed by atoms with Crippen molar-refractivity contribution in [3.8, 4) is 16.9 Å². The van der Waals surface area contributed by atoms with Gasteiger partial charge in [0.2, 0.25) is 0 Å². The Bertz CT molecular complexity index is 720. The monoisotopic (exact) mass is 251 g/mol. The summed E-state index contributed by atoms with van der Waals surface area (Å²) in [5.74, 6) is 0.405. The van der Waals surface area contributed by atoms with E-state index in [1.54, 1.807) is 12.1 Å². The number of anilines is 1. The Morgan fingerprint density at radius 3 is 2.32 bits per heavy atom. The first-order valence-corrected chi connectivity index (χ1v) is 5.98. The van der Waals surface area contributed by atoms with Gasteiger partial charge in [-0.3, -0.25) is 0 Å². The highest BCUT2D eigenvalue weighted by atomic mass is 17.1. The average Bonchev–Trinajstić information content (AvgIpc) is 2.47. The van der Waals surface area contributed by atoms with Gasteiger partial charge in [0.15, 0.2) is 5.75 Å². The second-order valence-corrected chi connectivity index (χ2v) is 4.37. The lowest BCUT2D eigenvalue weighted by molar-refractivity contribution is -0.137. The van der Waals surface area contributed by atoms with Crippen molar-refractivity contribution < 1.29 is 10.1 Å². The van der Waals surface area contributed by atoms with Crippen LogP contribution >= 0.6 is 0 Å². The van der Waals surface area contributed by atoms with Crippen LogP contribution in [-0.4, -0.2) is 5.26 Å². The molecule has 3 rings (SSSR count). The SMILES string of the molecule is Nc1ccc2ccccc2c1-c1ccc(OO)cc1. The van der Waals surface area contributed by atoms with Crippen LogP contribution in [0.5, 0.6) is 5.75 Å². The normalized spacial score (nSPS) is 10.6. The van der Waals surface area contributed by atoms with Crippen LogP contribution in [0, 0.1) is 0 Å². The van der Waals surface area contributed by atoms with Crippen LogP contribution in [0.4, 0.5) is 5.69 Å². The summed E-state index contributed by atoms with van der Waals surface area (Å²) in [5, 5.41) is 10.9. The topological polar surface area (TPSA) is 55.5 Å². The molecule has 0 saturated carbocycles. The number of benzene rings is 3. The van der Waals surface area contributed by atoms with Crippen LogP contribution in [0.25, 0.3) is 21.9 Å². The Kier molecular flexibility index (Phi) is 2.82. The fraction of sp³-hybridized carbons (Fsp3) is 0. The number of hydrogen-bond acceptors (Lipinski definition) is 3. The molecule has 3 aromatic rings. The molecule has 94 valence electrons. The maximum atomic E-state index is 8.60. The van der Waals surface area contributed by atoms with Gasteiger partial charge in [-0.15, -0.1) is 0 Å². The average molecular weight is 251 g/mol. The Hall–Kier alpha value is -2.52. The minimum atomic E-state index is 0.405. The zero-order valence-corrected chi connectivity index (χ0v) is 10.2. The molecule has 0 radical (unpaired) electrons. The first-order chi connectivity index (χ1) is 9.29. The maximum Gasteiger partial charge on any atom is 0.165 e. The van der Waals surface area contributed by atoms with E-state index in [1.165, 1.54) is 0 Å². The summed E-state index contributed by atoms with van der Waals surface area (Å²) in [7, 11) is 0. The Balaban J connectivity index is 2.25. The predicted molar refractivity (Wildman–Crippen MR) is 77.1 cm³/mol. The van der Waals surface area contributed by atoms with Gasteiger partial charge >= 0.3 is 0 Å². The minimum absolute atomic E-state index is 0.405. The smallest absolute Gasteiger partial charge is 0.165 e. The molecular formula is C16H13NO2. The Labute approximate surface area is 110 Å². The summed E-state index contributed by atoms with van der Waals surface area (Å²) in [4.78, 5) is 4.19. The van der Waals surface area contributed by atoms with E-state index >= 15 is 0 Å². The highest BCUT2D eigenvalue weighted by Gasteiger charge is 2.07. The van der Waals surface area contributed by atoms with Crippen molar-refractivity contribution in [2.75, 3.05) is 5.73 Å². The molecule has 0 aromatic heterocycles. The van der Waals surface area contributed by atoms with Gasteiger partial charge in [-0.25, -0.2) is 5.26 Å². The van der Waals surface area contributed by atoms with E-state index in [1.807, 2.05) is 36.4 Å². The van der Waals surface area contributed by atoms with E-state index in [9.17, 15) is 0 Å². The third-order valence-corrected chi connectivity index (χ3v) is 3.21. The van der Waals surface area contributed by atoms with E-state index in [2.05, 4.69) is 17.0 Å². The van der Waals surface area contributed by atoms with E-state index in [0.29, 0.717) is 5.75 Å². The van der Waals surface area contributed by atoms with Crippen LogP contribution in [0.3, 0.4) is 0 Å². The third-order valence-electron chi connectivity index (χ3n) is 3.21. The number of nitrogen functional groups attached to an aromatic ring is 1. The van der Waals surface area contributed by atoms with Gasteiger partial charge in [0.25, 0.3) is 0 Å². The molecule has 3 nitrogen and oxygen atoms in total. The number of nitrogens with two attached hydrogens (primary N) is 1. The largest absolute Gasteiger partial charge is 0.398 e. The van der Waals surface area contributed by atoms with Crippen LogP contribution in [0.2, 0.25) is 0 Å². The van der Waals surface area contributed by atoms with Crippen molar-refractivity contribution in [2.45, 2.75) is 0 Å². The van der Waals surface area contributed by atoms with Crippen molar-refractivity contribution >= 4 is 16.5 Å². The van der Waals surface area contributed by atoms with E-state index in [-0.39, 0.29) is 0 Å². The molecule has 0 spiro atoms. The van der Waals surface area contributed by atoms with E-state index in [4.69, 9.17) is 11.0 Å². The summed E-state index contributed by atoms with van der Waals surface area (Å²) in [6.07, 6.45) is 0. The molecule has 3 heteroatoms. The lowest BCUT2D eigenvalue weighted by Crippen LogP contribution is -1.92. The highest BCUT2D eigenvalue weighted by molar-refractivity contribution is 6.02. The summed E-state index contributed by atoms with van der Waals surface area (Å²) in [6, 6.07) is 19.2. The summed E-state index contributed by atoms with van der Waals surface area (Å²) >= 11 is 0. The third kappa shape index (κ3) is 2.00. The Morgan fingerprint density at radius 2 is 1.58 bits per heavy atom. The molecular weight excluding hydrogens is 238 g/mol. The summed E-state index contributed by atoms with van der Waals surface area (Å²) in [5.41, 5.74) is 8.84. The molecule has 0 aliphatic heterocycles. The van der Waals surface area contributed by atoms with Gasteiger partial charge in [0.1, 0.15) is 0 Å². The van der Waals surface area contributed by atoms with Gasteiger partial charge in [0, 0.05) is 11.3 Å². The van der Waals surface area contributed by atoms with Crippen molar-refractivity contribution in [1.82, 2.24) is 0 Å². The molecule has 0 aliphatic carbocycles. The molecule has 0 saturated heterocycles. The van der Waals surface area contributed by atoms with Gasteiger partial charge in [-0.05, 0) is 34.5 Å². The number of rotatable bonds is 2. The fourth-order valence-electron chi connectivity index (χ4n) is 2.29. The first kappa shape index (κ1) is 11.6. The molecule has 0 aliphatic rings. The van der Waals surface area contributed by atoms with Crippen LogP contribution in [0.15, 0.2) is 60.7 Å². The van der Waals surface area contributed by atoms with Gasteiger partial charge in [0.05, 0.1) is 0 Å². The minimum Gasteiger partial charge on any atom is -0.398 e. The highest BCUT2D eigenvalue weighted by Crippen LogP contribution is 2.34. The molecule has 0 bridgehead atoms. The molecule has 3 aromatic carbocycles.